The Balaban J connectivity index is 0.825. The minimum Gasteiger partial charge on any atom is -0.382 e. The van der Waals surface area contributed by atoms with Crippen LogP contribution in [0.2, 0.25) is 0 Å². The van der Waals surface area contributed by atoms with Crippen molar-refractivity contribution in [2.45, 2.75) is 70.5 Å². The average Bonchev–Trinajstić information content (AvgIpc) is 3.95. The van der Waals surface area contributed by atoms with Crippen molar-refractivity contribution in [2.75, 3.05) is 42.9 Å². The summed E-state index contributed by atoms with van der Waals surface area (Å²) in [5.74, 6) is 0.617. The molecule has 2 saturated heterocycles. The van der Waals surface area contributed by atoms with E-state index in [1.807, 2.05) is 52.0 Å². The number of aromatic nitrogens is 8. The average molecular weight is 782 g/mol. The molecule has 5 aromatic heterocycles. The van der Waals surface area contributed by atoms with Gasteiger partial charge in [-0.3, -0.25) is 33.5 Å². The third kappa shape index (κ3) is 6.89. The van der Waals surface area contributed by atoms with E-state index in [1.165, 1.54) is 0 Å². The number of amides is 2. The number of anilines is 2. The van der Waals surface area contributed by atoms with Gasteiger partial charge in [0.25, 0.3) is 0 Å². The number of carbonyl (C=O) groups is 2. The molecule has 0 bridgehead atoms. The molecule has 7 heterocycles. The van der Waals surface area contributed by atoms with Gasteiger partial charge in [0, 0.05) is 93.5 Å². The first-order chi connectivity index (χ1) is 28.1. The van der Waals surface area contributed by atoms with Crippen molar-refractivity contribution in [1.82, 2.24) is 48.9 Å². The summed E-state index contributed by atoms with van der Waals surface area (Å²) in [5, 5.41) is 25.4. The molecule has 1 saturated carbocycles. The molecule has 2 amide bonds. The zero-order valence-corrected chi connectivity index (χ0v) is 33.0. The molecule has 6 aromatic rings. The van der Waals surface area contributed by atoms with E-state index in [9.17, 15) is 19.6 Å². The van der Waals surface area contributed by atoms with Crippen molar-refractivity contribution >= 4 is 45.3 Å². The molecule has 0 spiro atoms. The lowest BCUT2D eigenvalue weighted by Crippen LogP contribution is -2.48. The number of hydrogen-bond acceptors (Lipinski definition) is 11. The van der Waals surface area contributed by atoms with Crippen molar-refractivity contribution in [3.63, 3.8) is 0 Å². The highest BCUT2D eigenvalue weighted by Gasteiger charge is 2.33. The fourth-order valence-electron chi connectivity index (χ4n) is 9.09. The summed E-state index contributed by atoms with van der Waals surface area (Å²) < 4.78 is 7.16. The Morgan fingerprint density at radius 2 is 1.79 bits per heavy atom. The van der Waals surface area contributed by atoms with Crippen LogP contribution < -0.4 is 21.2 Å². The largest absolute Gasteiger partial charge is 0.382 e. The number of benzene rings is 1. The zero-order chi connectivity index (χ0) is 40.1. The van der Waals surface area contributed by atoms with Gasteiger partial charge < -0.3 is 10.2 Å². The highest BCUT2D eigenvalue weighted by Crippen LogP contribution is 2.36. The molecule has 1 aromatic carbocycles. The molecule has 3 aliphatic rings. The predicted molar refractivity (Wildman–Crippen MR) is 220 cm³/mol. The monoisotopic (exact) mass is 781 g/mol. The maximum absolute atomic E-state index is 13.5. The van der Waals surface area contributed by atoms with Crippen LogP contribution in [-0.4, -0.2) is 94.1 Å². The minimum atomic E-state index is -0.699. The molecule has 1 unspecified atom stereocenters. The first-order valence-corrected chi connectivity index (χ1v) is 20.2. The number of aryl methyl sites for hydroxylation is 1. The maximum atomic E-state index is 13.5. The number of carbonyl (C=O) groups excluding carboxylic acids is 2. The fourth-order valence-corrected chi connectivity index (χ4v) is 9.09. The van der Waals surface area contributed by atoms with Crippen LogP contribution in [0.4, 0.5) is 11.4 Å². The number of piperazine rings is 1. The second-order valence-corrected chi connectivity index (χ2v) is 16.2. The van der Waals surface area contributed by atoms with Crippen LogP contribution in [-0.2, 0) is 16.6 Å². The van der Waals surface area contributed by atoms with Crippen LogP contribution in [0.15, 0.2) is 66.0 Å². The van der Waals surface area contributed by atoms with Crippen molar-refractivity contribution in [2.24, 2.45) is 13.0 Å². The van der Waals surface area contributed by atoms with E-state index in [2.05, 4.69) is 67.9 Å². The van der Waals surface area contributed by atoms with Gasteiger partial charge in [-0.1, -0.05) is 11.3 Å². The molecular formula is C42H47N13O3. The SMILES string of the molecule is CC(C)Nc1cc(-n2ccc3cc(C#N)cnc32)ncc1-c1cn([C@H]2CC[C@H](CN3CCN(c4cccc5c4n(C)c(=O)n5C4CCC(=O)NC4=O)CC3)CC2)nn1. The Morgan fingerprint density at radius 3 is 2.55 bits per heavy atom. The molecule has 0 radical (unpaired) electrons. The maximum Gasteiger partial charge on any atom is 0.329 e. The smallest absolute Gasteiger partial charge is 0.329 e. The number of piperidine rings is 1. The molecule has 16 nitrogen and oxygen atoms in total. The standard InChI is InChI=1S/C42H47N13O3/c1-26(2)46-32-20-37(53-14-13-29-19-28(21-43)22-45-40(29)53)44-23-31(32)33-25-54(49-48-33)30-9-7-27(8-10-30)24-51-15-17-52(18-16-51)34-5-4-6-35-39(34)50(3)42(58)55(35)36-11-12-38(56)47-41(36)57/h4-6,13-14,19-20,22-23,25-27,30,36H,7-12,15-18,24H2,1-3H3,(H,44,46)(H,47,56,57)/t27-,30-,36?. The number of nitrogens with zero attached hydrogens (tertiary/aromatic N) is 11. The number of nitrogens with one attached hydrogen (secondary N) is 2. The summed E-state index contributed by atoms with van der Waals surface area (Å²) in [7, 11) is 1.76. The van der Waals surface area contributed by atoms with E-state index in [-0.39, 0.29) is 24.1 Å². The van der Waals surface area contributed by atoms with Crippen LogP contribution in [0.3, 0.4) is 0 Å². The molecule has 298 valence electrons. The number of nitriles is 1. The molecule has 1 aliphatic carbocycles. The van der Waals surface area contributed by atoms with Gasteiger partial charge in [-0.25, -0.2) is 19.4 Å². The third-order valence-corrected chi connectivity index (χ3v) is 12.0. The van der Waals surface area contributed by atoms with E-state index in [1.54, 1.807) is 22.4 Å². The van der Waals surface area contributed by atoms with Crippen LogP contribution in [0.25, 0.3) is 39.1 Å². The molecule has 2 N–H and O–H groups in total. The Hall–Kier alpha value is -6.34. The number of imide groups is 1. The normalized spacial score (nSPS) is 20.5. The van der Waals surface area contributed by atoms with E-state index in [4.69, 9.17) is 4.98 Å². The second-order valence-electron chi connectivity index (χ2n) is 16.2. The van der Waals surface area contributed by atoms with Crippen LogP contribution in [0.1, 0.15) is 70.0 Å². The number of fused-ring (bicyclic) bond motifs is 2. The lowest BCUT2D eigenvalue weighted by molar-refractivity contribution is -0.135. The summed E-state index contributed by atoms with van der Waals surface area (Å²) in [6.45, 7) is 8.83. The minimum absolute atomic E-state index is 0.185. The van der Waals surface area contributed by atoms with Gasteiger partial charge in [0.15, 0.2) is 0 Å². The van der Waals surface area contributed by atoms with Gasteiger partial charge in [-0.2, -0.15) is 5.26 Å². The van der Waals surface area contributed by atoms with Gasteiger partial charge in [0.2, 0.25) is 11.8 Å². The summed E-state index contributed by atoms with van der Waals surface area (Å²) in [6.07, 6.45) is 12.3. The van der Waals surface area contributed by atoms with Gasteiger partial charge >= 0.3 is 5.69 Å². The van der Waals surface area contributed by atoms with Crippen LogP contribution in [0.5, 0.6) is 0 Å². The molecule has 2 aliphatic heterocycles. The predicted octanol–water partition coefficient (Wildman–Crippen LogP) is 4.56. The van der Waals surface area contributed by atoms with Crippen molar-refractivity contribution in [3.05, 3.63) is 77.2 Å². The molecular weight excluding hydrogens is 735 g/mol. The Morgan fingerprint density at radius 1 is 0.983 bits per heavy atom. The number of imidazole rings is 1. The third-order valence-electron chi connectivity index (χ3n) is 12.0. The van der Waals surface area contributed by atoms with E-state index in [0.717, 1.165) is 109 Å². The molecule has 16 heteroatoms. The molecule has 1 atom stereocenters. The Bertz CT molecular complexity index is 2630. The quantitative estimate of drug-likeness (QED) is 0.197. The van der Waals surface area contributed by atoms with E-state index >= 15 is 0 Å². The van der Waals surface area contributed by atoms with E-state index < -0.39 is 11.9 Å². The Labute approximate surface area is 335 Å². The number of rotatable bonds is 9. The number of pyridine rings is 2. The second kappa shape index (κ2) is 15.2. The number of para-hydroxylation sites is 1. The lowest BCUT2D eigenvalue weighted by Gasteiger charge is -2.39. The molecule has 9 rings (SSSR count). The first-order valence-electron chi connectivity index (χ1n) is 20.2. The topological polar surface area (TPSA) is 177 Å². The highest BCUT2D eigenvalue weighted by molar-refractivity contribution is 6.00. The molecule has 3 fully saturated rings. The number of hydrogen-bond donors (Lipinski definition) is 2. The Kier molecular flexibility index (Phi) is 9.76. The summed E-state index contributed by atoms with van der Waals surface area (Å²) in [6, 6.07) is 13.6. The van der Waals surface area contributed by atoms with Gasteiger partial charge in [0.05, 0.1) is 34.5 Å². The fraction of sp³-hybridized carbons (Fsp3) is 0.429. The highest BCUT2D eigenvalue weighted by atomic mass is 16.2. The summed E-state index contributed by atoms with van der Waals surface area (Å²) in [5.41, 5.74) is 6.13. The summed E-state index contributed by atoms with van der Waals surface area (Å²) in [4.78, 5) is 52.2. The summed E-state index contributed by atoms with van der Waals surface area (Å²) >= 11 is 0. The van der Waals surface area contributed by atoms with E-state index in [0.29, 0.717) is 23.9 Å². The van der Waals surface area contributed by atoms with Crippen molar-refractivity contribution < 1.29 is 9.59 Å². The van der Waals surface area contributed by atoms with Crippen molar-refractivity contribution in [1.29, 1.82) is 5.26 Å². The van der Waals surface area contributed by atoms with Crippen LogP contribution in [0, 0.1) is 17.2 Å². The van der Waals surface area contributed by atoms with Gasteiger partial charge in [0.1, 0.15) is 29.3 Å². The molecule has 58 heavy (non-hydrogen) atoms. The van der Waals surface area contributed by atoms with Crippen LogP contribution >= 0.6 is 0 Å². The van der Waals surface area contributed by atoms with Crippen molar-refractivity contribution in [3.8, 4) is 23.1 Å². The first kappa shape index (κ1) is 37.2. The lowest BCUT2D eigenvalue weighted by atomic mass is 9.85. The van der Waals surface area contributed by atoms with Gasteiger partial charge in [-0.05, 0) is 76.1 Å². The van der Waals surface area contributed by atoms with Gasteiger partial charge in [-0.15, -0.1) is 5.10 Å². The zero-order valence-electron chi connectivity index (χ0n) is 33.0.